The van der Waals surface area contributed by atoms with Gasteiger partial charge in [-0.05, 0) is 18.1 Å². The molecule has 0 fully saturated rings. The molecule has 17 heavy (non-hydrogen) atoms. The van der Waals surface area contributed by atoms with Crippen molar-refractivity contribution in [2.45, 2.75) is 25.4 Å². The first-order valence-corrected chi connectivity index (χ1v) is 5.73. The Balaban J connectivity index is 2.20. The lowest BCUT2D eigenvalue weighted by Crippen LogP contribution is -2.42. The highest BCUT2D eigenvalue weighted by molar-refractivity contribution is 5.80. The van der Waals surface area contributed by atoms with E-state index >= 15 is 0 Å². The third kappa shape index (κ3) is 2.24. The van der Waals surface area contributed by atoms with Crippen LogP contribution in [0.3, 0.4) is 0 Å². The van der Waals surface area contributed by atoms with Crippen LogP contribution in [0, 0.1) is 0 Å². The van der Waals surface area contributed by atoms with E-state index in [1.807, 2.05) is 43.3 Å². The van der Waals surface area contributed by atoms with Crippen molar-refractivity contribution in [2.24, 2.45) is 0 Å². The van der Waals surface area contributed by atoms with Crippen LogP contribution in [0.25, 0.3) is 0 Å². The summed E-state index contributed by atoms with van der Waals surface area (Å²) in [5.41, 5.74) is 1.08. The molecule has 0 atom stereocenters. The highest BCUT2D eigenvalue weighted by Crippen LogP contribution is 2.33. The van der Waals surface area contributed by atoms with Crippen LogP contribution in [-0.4, -0.2) is 23.3 Å². The average Bonchev–Trinajstić information content (AvgIpc) is 2.69. The van der Waals surface area contributed by atoms with Gasteiger partial charge in [0.1, 0.15) is 0 Å². The van der Waals surface area contributed by atoms with Gasteiger partial charge >= 0.3 is 5.97 Å². The highest BCUT2D eigenvalue weighted by Gasteiger charge is 2.44. The summed E-state index contributed by atoms with van der Waals surface area (Å²) in [5.74, 6) is -0.877. The van der Waals surface area contributed by atoms with Crippen molar-refractivity contribution in [3.05, 3.63) is 47.5 Å². The van der Waals surface area contributed by atoms with Gasteiger partial charge in [-0.3, -0.25) is 0 Å². The summed E-state index contributed by atoms with van der Waals surface area (Å²) in [6.45, 7) is 2.23. The maximum atomic E-state index is 11.4. The molecule has 0 aromatic heterocycles. The predicted octanol–water partition coefficient (Wildman–Crippen LogP) is 2.20. The van der Waals surface area contributed by atoms with Crippen molar-refractivity contribution < 1.29 is 14.6 Å². The zero-order chi connectivity index (χ0) is 12.3. The van der Waals surface area contributed by atoms with Gasteiger partial charge in [-0.1, -0.05) is 36.4 Å². The Bertz CT molecular complexity index is 424. The van der Waals surface area contributed by atoms with E-state index in [1.165, 1.54) is 0 Å². The number of carboxylic acids is 1. The third-order valence-electron chi connectivity index (χ3n) is 3.15. The molecule has 90 valence electrons. The van der Waals surface area contributed by atoms with Crippen molar-refractivity contribution in [2.75, 3.05) is 6.61 Å². The van der Waals surface area contributed by atoms with Crippen LogP contribution in [0.15, 0.2) is 36.4 Å². The summed E-state index contributed by atoms with van der Waals surface area (Å²) in [6.07, 6.45) is 4.59. The number of carboxylic acid groups (broad SMARTS) is 1. The molecule has 1 aliphatic rings. The Labute approximate surface area is 101 Å². The quantitative estimate of drug-likeness (QED) is 0.809. The fraction of sp³-hybridized carbons (Fsp3) is 0.357. The molecule has 1 aliphatic carbocycles. The van der Waals surface area contributed by atoms with E-state index in [0.717, 1.165) is 11.1 Å². The number of hydrogen-bond donors (Lipinski definition) is 1. The first-order chi connectivity index (χ1) is 8.18. The summed E-state index contributed by atoms with van der Waals surface area (Å²) >= 11 is 0. The second-order valence-electron chi connectivity index (χ2n) is 4.30. The predicted molar refractivity (Wildman–Crippen MR) is 65.0 cm³/mol. The molecule has 2 rings (SSSR count). The zero-order valence-corrected chi connectivity index (χ0v) is 9.85. The van der Waals surface area contributed by atoms with Crippen molar-refractivity contribution in [3.63, 3.8) is 0 Å². The summed E-state index contributed by atoms with van der Waals surface area (Å²) in [5, 5.41) is 9.39. The minimum absolute atomic E-state index is 0.344. The molecule has 1 aromatic carbocycles. The lowest BCUT2D eigenvalue weighted by Gasteiger charge is -2.23. The molecule has 0 saturated carbocycles. The molecule has 0 heterocycles. The van der Waals surface area contributed by atoms with Crippen LogP contribution < -0.4 is 0 Å². The van der Waals surface area contributed by atoms with Crippen molar-refractivity contribution in [3.8, 4) is 0 Å². The monoisotopic (exact) mass is 232 g/mol. The largest absolute Gasteiger partial charge is 0.479 e. The summed E-state index contributed by atoms with van der Waals surface area (Å²) in [4.78, 5) is 11.4. The Hall–Kier alpha value is -1.61. The number of carbonyl (C=O) groups is 1. The van der Waals surface area contributed by atoms with Crippen LogP contribution in [-0.2, 0) is 22.4 Å². The van der Waals surface area contributed by atoms with E-state index in [9.17, 15) is 9.90 Å². The number of rotatable bonds is 4. The van der Waals surface area contributed by atoms with E-state index in [1.54, 1.807) is 0 Å². The van der Waals surface area contributed by atoms with E-state index in [2.05, 4.69) is 0 Å². The second kappa shape index (κ2) is 4.72. The maximum Gasteiger partial charge on any atom is 0.336 e. The summed E-state index contributed by atoms with van der Waals surface area (Å²) in [6, 6.07) is 7.81. The lowest BCUT2D eigenvalue weighted by molar-refractivity contribution is -0.163. The minimum atomic E-state index is -1.08. The zero-order valence-electron chi connectivity index (χ0n) is 9.85. The highest BCUT2D eigenvalue weighted by atomic mass is 16.5. The van der Waals surface area contributed by atoms with Gasteiger partial charge in [-0.2, -0.15) is 0 Å². The Morgan fingerprint density at radius 2 is 2.00 bits per heavy atom. The van der Waals surface area contributed by atoms with Gasteiger partial charge in [-0.25, -0.2) is 4.79 Å². The van der Waals surface area contributed by atoms with Gasteiger partial charge in [0, 0.05) is 12.8 Å². The number of hydrogen-bond acceptors (Lipinski definition) is 2. The molecule has 1 aromatic rings. The number of benzene rings is 1. The fourth-order valence-corrected chi connectivity index (χ4v) is 2.20. The van der Waals surface area contributed by atoms with Gasteiger partial charge in [0.15, 0.2) is 5.60 Å². The van der Waals surface area contributed by atoms with Crippen LogP contribution >= 0.6 is 0 Å². The van der Waals surface area contributed by atoms with Crippen LogP contribution in [0.5, 0.6) is 0 Å². The molecule has 1 N–H and O–H groups in total. The van der Waals surface area contributed by atoms with Gasteiger partial charge in [0.2, 0.25) is 0 Å². The van der Waals surface area contributed by atoms with Crippen molar-refractivity contribution in [1.82, 2.24) is 0 Å². The van der Waals surface area contributed by atoms with Crippen molar-refractivity contribution >= 4 is 5.97 Å². The topological polar surface area (TPSA) is 46.5 Å². The van der Waals surface area contributed by atoms with Crippen LogP contribution in [0.4, 0.5) is 0 Å². The van der Waals surface area contributed by atoms with Gasteiger partial charge < -0.3 is 9.84 Å². The van der Waals surface area contributed by atoms with Crippen LogP contribution in [0.2, 0.25) is 0 Å². The van der Waals surface area contributed by atoms with E-state index in [0.29, 0.717) is 19.4 Å². The molecule has 0 spiro atoms. The normalized spacial score (nSPS) is 17.2. The Morgan fingerprint density at radius 3 is 2.47 bits per heavy atom. The first kappa shape index (κ1) is 11.9. The summed E-state index contributed by atoms with van der Waals surface area (Å²) in [7, 11) is 0. The molecule has 0 aliphatic heterocycles. The summed E-state index contributed by atoms with van der Waals surface area (Å²) < 4.78 is 5.59. The van der Waals surface area contributed by atoms with E-state index in [4.69, 9.17) is 4.74 Å². The SMILES string of the molecule is CC=CCOC1(C(=O)O)Cc2ccccc2C1. The average molecular weight is 232 g/mol. The number of aliphatic carboxylic acids is 1. The van der Waals surface area contributed by atoms with E-state index in [-0.39, 0.29) is 0 Å². The molecule has 0 unspecified atom stereocenters. The molecular weight excluding hydrogens is 216 g/mol. The molecule has 0 amide bonds. The molecule has 0 bridgehead atoms. The molecule has 3 heteroatoms. The van der Waals surface area contributed by atoms with Crippen LogP contribution in [0.1, 0.15) is 18.1 Å². The Morgan fingerprint density at radius 1 is 1.41 bits per heavy atom. The van der Waals surface area contributed by atoms with E-state index < -0.39 is 11.6 Å². The number of allylic oxidation sites excluding steroid dienone is 1. The van der Waals surface area contributed by atoms with Crippen molar-refractivity contribution in [1.29, 1.82) is 0 Å². The smallest absolute Gasteiger partial charge is 0.336 e. The third-order valence-corrected chi connectivity index (χ3v) is 3.15. The standard InChI is InChI=1S/C14H16O3/c1-2-3-8-17-14(13(15)16)9-11-6-4-5-7-12(11)10-14/h2-7H,8-10H2,1H3,(H,15,16). The Kier molecular flexibility index (Phi) is 3.29. The number of fused-ring (bicyclic) bond motifs is 1. The maximum absolute atomic E-state index is 11.4. The lowest BCUT2D eigenvalue weighted by atomic mass is 10.0. The van der Waals surface area contributed by atoms with Gasteiger partial charge in [0.25, 0.3) is 0 Å². The fourth-order valence-electron chi connectivity index (χ4n) is 2.20. The molecule has 3 nitrogen and oxygen atoms in total. The molecular formula is C14H16O3. The minimum Gasteiger partial charge on any atom is -0.479 e. The molecule has 0 radical (unpaired) electrons. The number of ether oxygens (including phenoxy) is 1. The van der Waals surface area contributed by atoms with Gasteiger partial charge in [0.05, 0.1) is 6.61 Å². The second-order valence-corrected chi connectivity index (χ2v) is 4.30. The van der Waals surface area contributed by atoms with Gasteiger partial charge in [-0.15, -0.1) is 0 Å². The molecule has 0 saturated heterocycles. The first-order valence-electron chi connectivity index (χ1n) is 5.73.